The molecular weight excluding hydrogens is 380 g/mol. The molecule has 1 aliphatic heterocycles. The Balaban J connectivity index is 1.43. The fraction of sp³-hybridized carbons (Fsp3) is 0.292. The van der Waals surface area contributed by atoms with Crippen LogP contribution in [-0.2, 0) is 20.7 Å². The van der Waals surface area contributed by atoms with Gasteiger partial charge >= 0.3 is 5.97 Å². The minimum atomic E-state index is -0.570. The predicted molar refractivity (Wildman–Crippen MR) is 115 cm³/mol. The molecular formula is C24H24N2O4. The molecule has 1 aliphatic rings. The molecule has 2 heterocycles. The summed E-state index contributed by atoms with van der Waals surface area (Å²) >= 11 is 0. The van der Waals surface area contributed by atoms with Crippen LogP contribution in [0.15, 0.2) is 48.5 Å². The summed E-state index contributed by atoms with van der Waals surface area (Å²) in [4.78, 5) is 42.7. The number of rotatable bonds is 6. The van der Waals surface area contributed by atoms with Gasteiger partial charge in [-0.3, -0.25) is 14.4 Å². The van der Waals surface area contributed by atoms with E-state index < -0.39 is 11.9 Å². The first-order chi connectivity index (χ1) is 14.5. The molecule has 3 aromatic rings. The van der Waals surface area contributed by atoms with Gasteiger partial charge in [0.25, 0.3) is 0 Å². The zero-order valence-corrected chi connectivity index (χ0v) is 17.1. The van der Waals surface area contributed by atoms with Crippen molar-refractivity contribution in [3.8, 4) is 0 Å². The van der Waals surface area contributed by atoms with Crippen LogP contribution >= 0.6 is 0 Å². The van der Waals surface area contributed by atoms with Crippen LogP contribution in [0.25, 0.3) is 10.9 Å². The van der Waals surface area contributed by atoms with Crippen LogP contribution in [0.2, 0.25) is 0 Å². The van der Waals surface area contributed by atoms with Gasteiger partial charge in [-0.1, -0.05) is 43.3 Å². The molecule has 154 valence electrons. The molecule has 1 N–H and O–H groups in total. The number of carbonyl (C=O) groups is 3. The number of fused-ring (bicyclic) bond motifs is 1. The van der Waals surface area contributed by atoms with Crippen molar-refractivity contribution in [2.75, 3.05) is 18.1 Å². The van der Waals surface area contributed by atoms with Gasteiger partial charge in [0.15, 0.2) is 6.61 Å². The van der Waals surface area contributed by atoms with Crippen molar-refractivity contribution in [3.05, 3.63) is 65.4 Å². The minimum absolute atomic E-state index is 0.0944. The number of aromatic amines is 1. The third-order valence-electron chi connectivity index (χ3n) is 5.64. The van der Waals surface area contributed by atoms with Crippen LogP contribution in [0.3, 0.4) is 0 Å². The molecule has 0 aliphatic carbocycles. The van der Waals surface area contributed by atoms with Crippen molar-refractivity contribution in [1.29, 1.82) is 0 Å². The molecule has 6 nitrogen and oxygen atoms in total. The number of nitrogens with one attached hydrogen (secondary N) is 1. The van der Waals surface area contributed by atoms with Crippen LogP contribution in [-0.4, -0.2) is 35.8 Å². The van der Waals surface area contributed by atoms with Gasteiger partial charge in [0.05, 0.1) is 5.92 Å². The molecule has 2 aromatic carbocycles. The summed E-state index contributed by atoms with van der Waals surface area (Å²) in [5.74, 6) is -1.43. The number of anilines is 1. The molecule has 1 saturated heterocycles. The van der Waals surface area contributed by atoms with Gasteiger partial charge in [0, 0.05) is 40.8 Å². The molecule has 1 fully saturated rings. The largest absolute Gasteiger partial charge is 0.457 e. The van der Waals surface area contributed by atoms with Crippen molar-refractivity contribution in [1.82, 2.24) is 4.98 Å². The van der Waals surface area contributed by atoms with E-state index in [0.29, 0.717) is 5.56 Å². The number of aryl methyl sites for hydroxylation is 2. The number of aromatic nitrogens is 1. The van der Waals surface area contributed by atoms with Gasteiger partial charge in [-0.05, 0) is 31.0 Å². The summed E-state index contributed by atoms with van der Waals surface area (Å²) < 4.78 is 5.32. The number of esters is 1. The molecule has 0 spiro atoms. The van der Waals surface area contributed by atoms with E-state index in [1.54, 1.807) is 4.90 Å². The maximum absolute atomic E-state index is 12.7. The highest BCUT2D eigenvalue weighted by molar-refractivity contribution is 6.10. The zero-order chi connectivity index (χ0) is 21.3. The number of Topliss-reactive ketones (excluding diaryl/α,β-unsaturated/α-hetero) is 1. The van der Waals surface area contributed by atoms with Crippen molar-refractivity contribution >= 4 is 34.3 Å². The van der Waals surface area contributed by atoms with E-state index in [4.69, 9.17) is 4.74 Å². The number of benzene rings is 2. The standard InChI is InChI=1S/C24H24N2O4/c1-3-16-8-4-7-11-20(16)26-13-17(12-22(26)28)24(29)30-14-21(27)23-15(2)25-19-10-6-5-9-18(19)23/h4-11,17,25H,3,12-14H2,1-2H3/t17-/m1/s1. The summed E-state index contributed by atoms with van der Waals surface area (Å²) in [6.45, 7) is 3.80. The van der Waals surface area contributed by atoms with Gasteiger partial charge < -0.3 is 14.6 Å². The normalized spacial score (nSPS) is 16.3. The molecule has 1 atom stereocenters. The molecule has 0 radical (unpaired) electrons. The molecule has 0 saturated carbocycles. The highest BCUT2D eigenvalue weighted by atomic mass is 16.5. The Hall–Kier alpha value is -3.41. The van der Waals surface area contributed by atoms with E-state index in [9.17, 15) is 14.4 Å². The zero-order valence-electron chi connectivity index (χ0n) is 17.1. The first-order valence-electron chi connectivity index (χ1n) is 10.1. The smallest absolute Gasteiger partial charge is 0.311 e. The van der Waals surface area contributed by atoms with E-state index in [1.165, 1.54) is 0 Å². The van der Waals surface area contributed by atoms with Crippen molar-refractivity contribution in [2.24, 2.45) is 5.92 Å². The third kappa shape index (κ3) is 3.61. The lowest BCUT2D eigenvalue weighted by atomic mass is 10.1. The fourth-order valence-corrected chi connectivity index (χ4v) is 4.13. The second-order valence-corrected chi connectivity index (χ2v) is 7.59. The van der Waals surface area contributed by atoms with E-state index >= 15 is 0 Å². The summed E-state index contributed by atoms with van der Waals surface area (Å²) in [6.07, 6.45) is 0.894. The minimum Gasteiger partial charge on any atom is -0.457 e. The van der Waals surface area contributed by atoms with E-state index in [2.05, 4.69) is 4.98 Å². The Morgan fingerprint density at radius 1 is 1.13 bits per heavy atom. The fourth-order valence-electron chi connectivity index (χ4n) is 4.13. The van der Waals surface area contributed by atoms with Crippen molar-refractivity contribution in [3.63, 3.8) is 0 Å². The first-order valence-corrected chi connectivity index (χ1v) is 10.1. The van der Waals surface area contributed by atoms with E-state index in [1.807, 2.05) is 62.4 Å². The second-order valence-electron chi connectivity index (χ2n) is 7.59. The number of para-hydroxylation sites is 2. The molecule has 4 rings (SSSR count). The molecule has 30 heavy (non-hydrogen) atoms. The average molecular weight is 404 g/mol. The SMILES string of the molecule is CCc1ccccc1N1C[C@H](C(=O)OCC(=O)c2c(C)[nH]c3ccccc23)CC1=O. The number of ketones is 1. The highest BCUT2D eigenvalue weighted by Gasteiger charge is 2.37. The quantitative estimate of drug-likeness (QED) is 0.500. The third-order valence-corrected chi connectivity index (χ3v) is 5.64. The molecule has 6 heteroatoms. The molecule has 0 bridgehead atoms. The van der Waals surface area contributed by atoms with Crippen LogP contribution in [0, 0.1) is 12.8 Å². The highest BCUT2D eigenvalue weighted by Crippen LogP contribution is 2.29. The second kappa shape index (κ2) is 8.14. The van der Waals surface area contributed by atoms with Crippen LogP contribution in [0.4, 0.5) is 5.69 Å². The average Bonchev–Trinajstić information content (AvgIpc) is 3.30. The van der Waals surface area contributed by atoms with Crippen LogP contribution in [0.1, 0.15) is 35.0 Å². The van der Waals surface area contributed by atoms with Gasteiger partial charge in [-0.25, -0.2) is 0 Å². The monoisotopic (exact) mass is 404 g/mol. The summed E-state index contributed by atoms with van der Waals surface area (Å²) in [5.41, 5.74) is 4.06. The number of H-pyrrole nitrogens is 1. The molecule has 1 aromatic heterocycles. The van der Waals surface area contributed by atoms with Gasteiger partial charge in [0.1, 0.15) is 0 Å². The van der Waals surface area contributed by atoms with Crippen LogP contribution < -0.4 is 4.90 Å². The lowest BCUT2D eigenvalue weighted by Crippen LogP contribution is -2.28. The van der Waals surface area contributed by atoms with Crippen molar-refractivity contribution < 1.29 is 19.1 Å². The molecule has 1 amide bonds. The Morgan fingerprint density at radius 3 is 2.67 bits per heavy atom. The van der Waals surface area contributed by atoms with E-state index in [-0.39, 0.29) is 31.3 Å². The van der Waals surface area contributed by atoms with Crippen molar-refractivity contribution in [2.45, 2.75) is 26.7 Å². The topological polar surface area (TPSA) is 79.5 Å². The summed E-state index contributed by atoms with van der Waals surface area (Å²) in [5, 5.41) is 0.814. The number of hydrogen-bond donors (Lipinski definition) is 1. The number of ether oxygens (including phenoxy) is 1. The summed E-state index contributed by atoms with van der Waals surface area (Å²) in [6, 6.07) is 15.2. The maximum Gasteiger partial charge on any atom is 0.311 e. The van der Waals surface area contributed by atoms with Gasteiger partial charge in [0.2, 0.25) is 11.7 Å². The number of hydrogen-bond acceptors (Lipinski definition) is 4. The number of carbonyl (C=O) groups excluding carboxylic acids is 3. The van der Waals surface area contributed by atoms with Gasteiger partial charge in [-0.2, -0.15) is 0 Å². The predicted octanol–water partition coefficient (Wildman–Crippen LogP) is 3.82. The lowest BCUT2D eigenvalue weighted by Gasteiger charge is -2.19. The molecule has 0 unspecified atom stereocenters. The Bertz CT molecular complexity index is 1130. The Morgan fingerprint density at radius 2 is 1.87 bits per heavy atom. The number of amides is 1. The summed E-state index contributed by atoms with van der Waals surface area (Å²) in [7, 11) is 0. The lowest BCUT2D eigenvalue weighted by molar-refractivity contribution is -0.147. The van der Waals surface area contributed by atoms with Gasteiger partial charge in [-0.15, -0.1) is 0 Å². The Labute approximate surface area is 174 Å². The van der Waals surface area contributed by atoms with E-state index in [0.717, 1.165) is 34.3 Å². The van der Waals surface area contributed by atoms with Crippen LogP contribution in [0.5, 0.6) is 0 Å². The number of nitrogens with zero attached hydrogens (tertiary/aromatic N) is 1. The Kier molecular flexibility index (Phi) is 5.40. The maximum atomic E-state index is 12.7. The first kappa shape index (κ1) is 19.9.